The van der Waals surface area contributed by atoms with E-state index in [1.54, 1.807) is 20.8 Å². The molecular weight excluding hydrogens is 361 g/mol. The second-order valence-corrected chi connectivity index (χ2v) is 7.12. The zero-order chi connectivity index (χ0) is 20.0. The minimum Gasteiger partial charge on any atom is -0.390 e. The fraction of sp³-hybridized carbons (Fsp3) is 0.667. The van der Waals surface area contributed by atoms with Crippen molar-refractivity contribution in [2.24, 2.45) is 5.41 Å². The summed E-state index contributed by atoms with van der Waals surface area (Å²) in [6, 6.07) is 0. The van der Waals surface area contributed by atoms with Gasteiger partial charge in [0, 0.05) is 18.0 Å². The number of aromatic amines is 1. The number of nitrogens with zero attached hydrogens (tertiary/aromatic N) is 1. The largest absolute Gasteiger partial charge is 0.423 e. The van der Waals surface area contributed by atoms with Gasteiger partial charge in [-0.1, -0.05) is 20.8 Å². The van der Waals surface area contributed by atoms with E-state index in [0.717, 1.165) is 0 Å². The van der Waals surface area contributed by atoms with Gasteiger partial charge in [0.1, 0.15) is 24.0 Å². The van der Waals surface area contributed by atoms with Crippen LogP contribution in [0.25, 0.3) is 0 Å². The Hall–Kier alpha value is -1.98. The van der Waals surface area contributed by atoms with E-state index in [-0.39, 0.29) is 6.42 Å². The van der Waals surface area contributed by atoms with Gasteiger partial charge < -0.3 is 14.9 Å². The summed E-state index contributed by atoms with van der Waals surface area (Å²) in [6.45, 7) is 4.62. The highest BCUT2D eigenvalue weighted by Gasteiger charge is 2.45. The molecule has 2 rings (SSSR count). The van der Waals surface area contributed by atoms with E-state index in [9.17, 15) is 37.8 Å². The molecule has 1 aromatic heterocycles. The van der Waals surface area contributed by atoms with Crippen molar-refractivity contribution < 1.29 is 32.9 Å². The molecule has 4 atom stereocenters. The zero-order valence-electron chi connectivity index (χ0n) is 14.2. The van der Waals surface area contributed by atoms with Crippen LogP contribution in [0.1, 0.15) is 39.0 Å². The van der Waals surface area contributed by atoms with Crippen molar-refractivity contribution in [2.45, 2.75) is 57.9 Å². The minimum atomic E-state index is -5.00. The van der Waals surface area contributed by atoms with Gasteiger partial charge in [0.15, 0.2) is 5.78 Å². The van der Waals surface area contributed by atoms with Gasteiger partial charge in [-0.05, 0) is 0 Å². The number of aliphatic hydroxyl groups is 2. The Morgan fingerprint density at radius 1 is 1.35 bits per heavy atom. The predicted molar refractivity (Wildman–Crippen MR) is 81.3 cm³/mol. The van der Waals surface area contributed by atoms with Crippen LogP contribution in [0.2, 0.25) is 0 Å². The lowest BCUT2D eigenvalue weighted by Gasteiger charge is -2.26. The molecule has 3 N–H and O–H groups in total. The predicted octanol–water partition coefficient (Wildman–Crippen LogP) is 0.180. The van der Waals surface area contributed by atoms with Crippen molar-refractivity contribution in [3.63, 3.8) is 0 Å². The first-order valence-electron chi connectivity index (χ1n) is 7.72. The van der Waals surface area contributed by atoms with Gasteiger partial charge in [-0.25, -0.2) is 4.79 Å². The third kappa shape index (κ3) is 3.89. The molecule has 26 heavy (non-hydrogen) atoms. The smallest absolute Gasteiger partial charge is 0.390 e. The number of hydrogen-bond donors (Lipinski definition) is 3. The average molecular weight is 380 g/mol. The van der Waals surface area contributed by atoms with Gasteiger partial charge >= 0.3 is 11.9 Å². The summed E-state index contributed by atoms with van der Waals surface area (Å²) in [4.78, 5) is 36.8. The van der Waals surface area contributed by atoms with Crippen LogP contribution in [0, 0.1) is 5.41 Å². The maximum absolute atomic E-state index is 12.9. The first kappa shape index (κ1) is 20.3. The summed E-state index contributed by atoms with van der Waals surface area (Å²) in [7, 11) is 0. The molecule has 0 amide bonds. The number of nitrogens with one attached hydrogen (secondary N) is 1. The summed E-state index contributed by atoms with van der Waals surface area (Å²) >= 11 is 0. The Labute approximate surface area is 145 Å². The first-order valence-corrected chi connectivity index (χ1v) is 7.72. The molecule has 0 aliphatic carbocycles. The number of carbonyl (C=O) groups excluding carboxylic acids is 1. The second kappa shape index (κ2) is 6.63. The third-order valence-electron chi connectivity index (χ3n) is 4.04. The number of halogens is 3. The summed E-state index contributed by atoms with van der Waals surface area (Å²) < 4.78 is 44.3. The molecule has 0 bridgehead atoms. The van der Waals surface area contributed by atoms with Crippen LogP contribution in [0.15, 0.2) is 15.8 Å². The number of aromatic nitrogens is 2. The molecule has 1 aliphatic rings. The van der Waals surface area contributed by atoms with Crippen LogP contribution in [-0.2, 0) is 15.7 Å². The summed E-state index contributed by atoms with van der Waals surface area (Å²) in [5.74, 6) is -0.632. The van der Waals surface area contributed by atoms with E-state index in [4.69, 9.17) is 4.74 Å². The topological polar surface area (TPSA) is 122 Å². The highest BCUT2D eigenvalue weighted by atomic mass is 19.4. The van der Waals surface area contributed by atoms with Crippen molar-refractivity contribution in [3.05, 3.63) is 32.6 Å². The molecule has 1 aromatic rings. The number of aliphatic hydroxyl groups excluding tert-OH is 2. The molecule has 11 heteroatoms. The lowest BCUT2D eigenvalue weighted by molar-refractivity contribution is -0.149. The van der Waals surface area contributed by atoms with Gasteiger partial charge in [-0.2, -0.15) is 13.2 Å². The average Bonchev–Trinajstić information content (AvgIpc) is 2.85. The standard InChI is InChI=1S/C15H19F3N2O6/c1-14(2,3)11(23)9(22)10-7(21)4-8(26-10)20-5-6(15(16,17)18)12(24)19-13(20)25/h5,7-10,21-22H,4H2,1-3H3,(H,19,24,25)/t7-,8+,9?,10-/m0/s1. The van der Waals surface area contributed by atoms with Crippen molar-refractivity contribution in [3.8, 4) is 0 Å². The molecule has 1 aliphatic heterocycles. The summed E-state index contributed by atoms with van der Waals surface area (Å²) in [5.41, 5.74) is -5.32. The molecule has 1 fully saturated rings. The van der Waals surface area contributed by atoms with E-state index in [0.29, 0.717) is 10.8 Å². The number of hydrogen-bond acceptors (Lipinski definition) is 6. The normalized spacial score (nSPS) is 25.3. The maximum atomic E-state index is 12.9. The molecular formula is C15H19F3N2O6. The van der Waals surface area contributed by atoms with Crippen molar-refractivity contribution in [1.82, 2.24) is 9.55 Å². The van der Waals surface area contributed by atoms with Crippen molar-refractivity contribution >= 4 is 5.78 Å². The van der Waals surface area contributed by atoms with Gasteiger partial charge in [-0.3, -0.25) is 19.1 Å². The lowest BCUT2D eigenvalue weighted by atomic mass is 9.85. The highest BCUT2D eigenvalue weighted by molar-refractivity contribution is 5.88. The number of carbonyl (C=O) groups is 1. The molecule has 0 radical (unpaired) electrons. The fourth-order valence-electron chi connectivity index (χ4n) is 2.63. The number of ketones is 1. The third-order valence-corrected chi connectivity index (χ3v) is 4.04. The Kier molecular flexibility index (Phi) is 5.19. The van der Waals surface area contributed by atoms with Crippen molar-refractivity contribution in [2.75, 3.05) is 0 Å². The van der Waals surface area contributed by atoms with Crippen LogP contribution < -0.4 is 11.2 Å². The minimum absolute atomic E-state index is 0.291. The quantitative estimate of drug-likeness (QED) is 0.688. The lowest BCUT2D eigenvalue weighted by Crippen LogP contribution is -2.45. The second-order valence-electron chi connectivity index (χ2n) is 7.12. The van der Waals surface area contributed by atoms with Crippen LogP contribution in [0.3, 0.4) is 0 Å². The highest BCUT2D eigenvalue weighted by Crippen LogP contribution is 2.33. The summed E-state index contributed by atoms with van der Waals surface area (Å²) in [5, 5.41) is 20.2. The molecule has 0 saturated carbocycles. The van der Waals surface area contributed by atoms with Crippen molar-refractivity contribution in [1.29, 1.82) is 0 Å². The van der Waals surface area contributed by atoms with Crippen LogP contribution in [0.5, 0.6) is 0 Å². The van der Waals surface area contributed by atoms with E-state index >= 15 is 0 Å². The van der Waals surface area contributed by atoms with Gasteiger partial charge in [0.2, 0.25) is 0 Å². The van der Waals surface area contributed by atoms with Crippen LogP contribution in [0.4, 0.5) is 13.2 Å². The van der Waals surface area contributed by atoms with E-state index in [1.807, 2.05) is 0 Å². The van der Waals surface area contributed by atoms with Gasteiger partial charge in [-0.15, -0.1) is 0 Å². The summed E-state index contributed by atoms with van der Waals surface area (Å²) in [6.07, 6.45) is -11.0. The zero-order valence-corrected chi connectivity index (χ0v) is 14.2. The number of alkyl halides is 3. The maximum Gasteiger partial charge on any atom is 0.423 e. The Morgan fingerprint density at radius 2 is 1.92 bits per heavy atom. The van der Waals surface area contributed by atoms with E-state index < -0.39 is 58.7 Å². The number of Topliss-reactive ketones (excluding diaryl/α,β-unsaturated/α-hetero) is 1. The van der Waals surface area contributed by atoms with Gasteiger partial charge in [0.05, 0.1) is 6.10 Å². The SMILES string of the molecule is CC(C)(C)C(=O)C(O)[C@H]1O[C@@H](n2cc(C(F)(F)F)c(=O)[nH]c2=O)C[C@@H]1O. The first-order chi connectivity index (χ1) is 11.7. The molecule has 8 nitrogen and oxygen atoms in total. The molecule has 1 saturated heterocycles. The van der Waals surface area contributed by atoms with E-state index in [1.165, 1.54) is 4.98 Å². The number of H-pyrrole nitrogens is 1. The monoisotopic (exact) mass is 380 g/mol. The number of ether oxygens (including phenoxy) is 1. The Bertz CT molecular complexity index is 807. The van der Waals surface area contributed by atoms with E-state index in [2.05, 4.69) is 0 Å². The van der Waals surface area contributed by atoms with Gasteiger partial charge in [0.25, 0.3) is 5.56 Å². The molecule has 1 unspecified atom stereocenters. The molecule has 0 spiro atoms. The van der Waals surface area contributed by atoms with Crippen LogP contribution >= 0.6 is 0 Å². The molecule has 2 heterocycles. The van der Waals surface area contributed by atoms with Crippen LogP contribution in [-0.4, -0.2) is 43.9 Å². The molecule has 0 aromatic carbocycles. The molecule has 146 valence electrons. The number of rotatable bonds is 3. The fourth-order valence-corrected chi connectivity index (χ4v) is 2.63. The Morgan fingerprint density at radius 3 is 2.42 bits per heavy atom. The Balaban J connectivity index is 2.34.